The molecule has 1 heterocycles. The Labute approximate surface area is 152 Å². The normalized spacial score (nSPS) is 17.0. The van der Waals surface area contributed by atoms with Crippen LogP contribution in [0, 0.1) is 0 Å². The molecule has 1 atom stereocenters. The number of carbonyl (C=O) groups is 1. The largest absolute Gasteiger partial charge is 0.497 e. The first-order valence-electron chi connectivity index (χ1n) is 8.68. The zero-order valence-corrected chi connectivity index (χ0v) is 14.8. The fourth-order valence-corrected chi connectivity index (χ4v) is 3.07. The van der Waals surface area contributed by atoms with Gasteiger partial charge in [-0.05, 0) is 55.8 Å². The van der Waals surface area contributed by atoms with Crippen LogP contribution in [0.15, 0.2) is 48.5 Å². The number of hydrogen-bond donors (Lipinski definition) is 1. The van der Waals surface area contributed by atoms with Gasteiger partial charge in [-0.15, -0.1) is 0 Å². The lowest BCUT2D eigenvalue weighted by atomic mass is 10.2. The Bertz CT molecular complexity index is 731. The number of benzene rings is 2. The molecule has 2 aromatic carbocycles. The summed E-state index contributed by atoms with van der Waals surface area (Å²) >= 11 is 0. The van der Waals surface area contributed by atoms with E-state index in [-0.39, 0.29) is 0 Å². The third kappa shape index (κ3) is 4.46. The summed E-state index contributed by atoms with van der Waals surface area (Å²) in [5, 5.41) is 9.23. The molecule has 0 radical (unpaired) electrons. The molecule has 0 aromatic heterocycles. The van der Waals surface area contributed by atoms with Crippen LogP contribution < -0.4 is 14.2 Å². The summed E-state index contributed by atoms with van der Waals surface area (Å²) in [6.07, 6.45) is 1.61. The maximum absolute atomic E-state index is 11.2. The van der Waals surface area contributed by atoms with Crippen LogP contribution in [0.3, 0.4) is 0 Å². The van der Waals surface area contributed by atoms with Crippen LogP contribution in [0.4, 0.5) is 0 Å². The third-order valence-corrected chi connectivity index (χ3v) is 4.42. The molecule has 0 aliphatic carbocycles. The van der Waals surface area contributed by atoms with E-state index in [1.807, 2.05) is 53.4 Å². The van der Waals surface area contributed by atoms with Gasteiger partial charge in [0.05, 0.1) is 7.11 Å². The first-order valence-corrected chi connectivity index (χ1v) is 8.68. The molecule has 138 valence electrons. The molecule has 0 saturated carbocycles. The molecule has 2 aromatic rings. The summed E-state index contributed by atoms with van der Waals surface area (Å²) in [5.74, 6) is 1.95. The van der Waals surface area contributed by atoms with Crippen molar-refractivity contribution in [2.75, 3.05) is 26.8 Å². The lowest BCUT2D eigenvalue weighted by Gasteiger charge is -2.21. The number of likely N-dealkylation sites (tertiary alicyclic amines) is 1. The number of ether oxygens (including phenoxy) is 3. The van der Waals surface area contributed by atoms with Gasteiger partial charge < -0.3 is 19.3 Å². The molecule has 1 saturated heterocycles. The molecule has 0 spiro atoms. The second-order valence-electron chi connectivity index (χ2n) is 6.11. The Morgan fingerprint density at radius 1 is 1.12 bits per heavy atom. The molecule has 0 bridgehead atoms. The Hall–Kier alpha value is -2.73. The van der Waals surface area contributed by atoms with Crippen LogP contribution in [0.25, 0.3) is 0 Å². The summed E-state index contributed by atoms with van der Waals surface area (Å²) in [7, 11) is 1.62. The maximum Gasteiger partial charge on any atom is 0.320 e. The number of aliphatic carboxylic acids is 1. The Kier molecular flexibility index (Phi) is 5.96. The van der Waals surface area contributed by atoms with Gasteiger partial charge in [-0.3, -0.25) is 9.69 Å². The van der Waals surface area contributed by atoms with Crippen molar-refractivity contribution < 1.29 is 24.1 Å². The highest BCUT2D eigenvalue weighted by atomic mass is 16.5. The number of hydrogen-bond acceptors (Lipinski definition) is 5. The van der Waals surface area contributed by atoms with Gasteiger partial charge in [0.25, 0.3) is 0 Å². The lowest BCUT2D eigenvalue weighted by Crippen LogP contribution is -2.38. The van der Waals surface area contributed by atoms with Crippen LogP contribution in [0.5, 0.6) is 23.0 Å². The van der Waals surface area contributed by atoms with E-state index in [9.17, 15) is 9.90 Å². The highest BCUT2D eigenvalue weighted by molar-refractivity contribution is 5.73. The van der Waals surface area contributed by atoms with E-state index in [2.05, 4.69) is 0 Å². The molecule has 0 amide bonds. The van der Waals surface area contributed by atoms with E-state index < -0.39 is 12.0 Å². The van der Waals surface area contributed by atoms with Crippen molar-refractivity contribution >= 4 is 5.97 Å². The smallest absolute Gasteiger partial charge is 0.320 e. The molecule has 1 fully saturated rings. The van der Waals surface area contributed by atoms with Gasteiger partial charge in [0, 0.05) is 6.54 Å². The average Bonchev–Trinajstić information content (AvgIpc) is 3.13. The standard InChI is InChI=1S/C20H23NO5/c1-24-15-8-10-16(11-9-15)26-19-7-3-2-6-18(19)25-14-13-21-12-4-5-17(21)20(22)23/h2-3,6-11,17H,4-5,12-14H2,1H3,(H,22,23)/t17-/m0/s1. The quantitative estimate of drug-likeness (QED) is 0.781. The predicted octanol–water partition coefficient (Wildman–Crippen LogP) is 3.42. The van der Waals surface area contributed by atoms with E-state index >= 15 is 0 Å². The second-order valence-corrected chi connectivity index (χ2v) is 6.11. The molecule has 1 aliphatic heterocycles. The Morgan fingerprint density at radius 3 is 2.50 bits per heavy atom. The van der Waals surface area contributed by atoms with Gasteiger partial charge in [0.2, 0.25) is 0 Å². The fourth-order valence-electron chi connectivity index (χ4n) is 3.07. The lowest BCUT2D eigenvalue weighted by molar-refractivity contribution is -0.142. The van der Waals surface area contributed by atoms with Crippen molar-refractivity contribution in [1.29, 1.82) is 0 Å². The summed E-state index contributed by atoms with van der Waals surface area (Å²) in [6.45, 7) is 1.78. The molecule has 3 rings (SSSR count). The minimum atomic E-state index is -0.759. The first kappa shape index (κ1) is 18.1. The molecule has 1 aliphatic rings. The van der Waals surface area contributed by atoms with Gasteiger partial charge in [-0.25, -0.2) is 0 Å². The summed E-state index contributed by atoms with van der Waals surface area (Å²) in [6, 6.07) is 14.4. The van der Waals surface area contributed by atoms with E-state index in [1.54, 1.807) is 7.11 Å². The van der Waals surface area contributed by atoms with E-state index in [4.69, 9.17) is 14.2 Å². The van der Waals surface area contributed by atoms with Gasteiger partial charge in [-0.1, -0.05) is 12.1 Å². The van der Waals surface area contributed by atoms with E-state index in [0.29, 0.717) is 36.8 Å². The number of nitrogens with zero attached hydrogens (tertiary/aromatic N) is 1. The topological polar surface area (TPSA) is 68.2 Å². The van der Waals surface area contributed by atoms with E-state index in [0.717, 1.165) is 18.7 Å². The SMILES string of the molecule is COc1ccc(Oc2ccccc2OCCN2CCC[C@H]2C(=O)O)cc1. The highest BCUT2D eigenvalue weighted by Crippen LogP contribution is 2.32. The average molecular weight is 357 g/mol. The molecule has 26 heavy (non-hydrogen) atoms. The van der Waals surface area contributed by atoms with Gasteiger partial charge >= 0.3 is 5.97 Å². The molecule has 0 unspecified atom stereocenters. The Balaban J connectivity index is 1.59. The number of rotatable bonds is 8. The number of carboxylic acid groups (broad SMARTS) is 1. The maximum atomic E-state index is 11.2. The molecular formula is C20H23NO5. The van der Waals surface area contributed by atoms with Gasteiger partial charge in [0.1, 0.15) is 24.1 Å². The molecule has 1 N–H and O–H groups in total. The summed E-state index contributed by atoms with van der Waals surface area (Å²) < 4.78 is 16.9. The van der Waals surface area contributed by atoms with Crippen molar-refractivity contribution in [1.82, 2.24) is 4.90 Å². The molecule has 6 heteroatoms. The predicted molar refractivity (Wildman–Crippen MR) is 97.2 cm³/mol. The second kappa shape index (κ2) is 8.58. The van der Waals surface area contributed by atoms with Crippen LogP contribution in [0.1, 0.15) is 12.8 Å². The minimum Gasteiger partial charge on any atom is -0.497 e. The summed E-state index contributed by atoms with van der Waals surface area (Å²) in [5.41, 5.74) is 0. The minimum absolute atomic E-state index is 0.399. The fraction of sp³-hybridized carbons (Fsp3) is 0.350. The monoisotopic (exact) mass is 357 g/mol. The van der Waals surface area contributed by atoms with Crippen molar-refractivity contribution in [3.8, 4) is 23.0 Å². The van der Waals surface area contributed by atoms with Crippen molar-refractivity contribution in [3.05, 3.63) is 48.5 Å². The van der Waals surface area contributed by atoms with Crippen LogP contribution in [-0.4, -0.2) is 48.8 Å². The number of carboxylic acids is 1. The van der Waals surface area contributed by atoms with Crippen molar-refractivity contribution in [2.45, 2.75) is 18.9 Å². The summed E-state index contributed by atoms with van der Waals surface area (Å²) in [4.78, 5) is 13.2. The van der Waals surface area contributed by atoms with Crippen LogP contribution in [0.2, 0.25) is 0 Å². The zero-order valence-electron chi connectivity index (χ0n) is 14.8. The number of methoxy groups -OCH3 is 1. The van der Waals surface area contributed by atoms with Gasteiger partial charge in [0.15, 0.2) is 11.5 Å². The van der Waals surface area contributed by atoms with Crippen LogP contribution >= 0.6 is 0 Å². The first-order chi connectivity index (χ1) is 12.7. The molecule has 6 nitrogen and oxygen atoms in total. The zero-order chi connectivity index (χ0) is 18.4. The van der Waals surface area contributed by atoms with Crippen LogP contribution in [-0.2, 0) is 4.79 Å². The molecular weight excluding hydrogens is 334 g/mol. The highest BCUT2D eigenvalue weighted by Gasteiger charge is 2.29. The van der Waals surface area contributed by atoms with E-state index in [1.165, 1.54) is 0 Å². The Morgan fingerprint density at radius 2 is 1.81 bits per heavy atom. The number of para-hydroxylation sites is 2. The van der Waals surface area contributed by atoms with Crippen molar-refractivity contribution in [3.63, 3.8) is 0 Å². The van der Waals surface area contributed by atoms with Gasteiger partial charge in [-0.2, -0.15) is 0 Å². The third-order valence-electron chi connectivity index (χ3n) is 4.42. The van der Waals surface area contributed by atoms with Crippen molar-refractivity contribution in [2.24, 2.45) is 0 Å².